The fourth-order valence-corrected chi connectivity index (χ4v) is 2.87. The standard InChI is InChI=1S/C14H14N4S/c1-18(2)13-12-14(16-9-15-13)19-8-11(17-12)10-6-4-3-5-7-10/h3-7,9H,8H2,1-2H3. The molecule has 1 aliphatic heterocycles. The van der Waals surface area contributed by atoms with Crippen molar-refractivity contribution in [2.24, 2.45) is 4.99 Å². The van der Waals surface area contributed by atoms with Crippen LogP contribution in [0.1, 0.15) is 5.56 Å². The highest BCUT2D eigenvalue weighted by Crippen LogP contribution is 2.38. The zero-order chi connectivity index (χ0) is 13.2. The zero-order valence-electron chi connectivity index (χ0n) is 10.9. The molecule has 0 saturated carbocycles. The summed E-state index contributed by atoms with van der Waals surface area (Å²) in [5.74, 6) is 1.71. The number of nitrogens with zero attached hydrogens (tertiary/aromatic N) is 4. The zero-order valence-corrected chi connectivity index (χ0v) is 11.7. The molecular weight excluding hydrogens is 256 g/mol. The Morgan fingerprint density at radius 2 is 1.89 bits per heavy atom. The van der Waals surface area contributed by atoms with Crippen molar-refractivity contribution < 1.29 is 0 Å². The van der Waals surface area contributed by atoms with Crippen LogP contribution in [-0.4, -0.2) is 35.5 Å². The summed E-state index contributed by atoms with van der Waals surface area (Å²) in [4.78, 5) is 15.4. The third-order valence-electron chi connectivity index (χ3n) is 2.89. The number of benzene rings is 1. The van der Waals surface area contributed by atoms with Crippen molar-refractivity contribution in [2.75, 3.05) is 24.7 Å². The quantitative estimate of drug-likeness (QED) is 0.787. The summed E-state index contributed by atoms with van der Waals surface area (Å²) in [5, 5.41) is 0.957. The lowest BCUT2D eigenvalue weighted by atomic mass is 10.1. The average Bonchev–Trinajstić information content (AvgIpc) is 2.47. The molecule has 1 aromatic carbocycles. The van der Waals surface area contributed by atoms with Crippen molar-refractivity contribution in [2.45, 2.75) is 5.03 Å². The Morgan fingerprint density at radius 3 is 2.63 bits per heavy atom. The monoisotopic (exact) mass is 270 g/mol. The third kappa shape index (κ3) is 2.33. The van der Waals surface area contributed by atoms with Crippen LogP contribution in [0.5, 0.6) is 0 Å². The minimum Gasteiger partial charge on any atom is -0.361 e. The minimum atomic E-state index is 0.848. The van der Waals surface area contributed by atoms with Gasteiger partial charge in [0.05, 0.1) is 5.71 Å². The molecule has 0 radical (unpaired) electrons. The lowest BCUT2D eigenvalue weighted by Crippen LogP contribution is -2.14. The summed E-state index contributed by atoms with van der Waals surface area (Å²) in [6.07, 6.45) is 1.60. The Bertz CT molecular complexity index is 623. The highest BCUT2D eigenvalue weighted by atomic mass is 32.2. The largest absolute Gasteiger partial charge is 0.361 e. The van der Waals surface area contributed by atoms with Gasteiger partial charge in [0.1, 0.15) is 17.0 Å². The molecule has 19 heavy (non-hydrogen) atoms. The van der Waals surface area contributed by atoms with E-state index in [9.17, 15) is 0 Å². The number of hydrogen-bond donors (Lipinski definition) is 0. The number of hydrogen-bond acceptors (Lipinski definition) is 5. The molecule has 0 N–H and O–H groups in total. The maximum Gasteiger partial charge on any atom is 0.158 e. The number of aromatic nitrogens is 2. The van der Waals surface area contributed by atoms with E-state index in [-0.39, 0.29) is 0 Å². The summed E-state index contributed by atoms with van der Waals surface area (Å²) in [6.45, 7) is 0. The first-order valence-corrected chi connectivity index (χ1v) is 7.02. The van der Waals surface area contributed by atoms with Crippen LogP contribution in [0.2, 0.25) is 0 Å². The van der Waals surface area contributed by atoms with E-state index in [1.165, 1.54) is 0 Å². The van der Waals surface area contributed by atoms with Gasteiger partial charge in [0.15, 0.2) is 5.82 Å². The molecule has 1 aliphatic rings. The number of thioether (sulfide) groups is 1. The first kappa shape index (κ1) is 12.2. The van der Waals surface area contributed by atoms with Crippen LogP contribution in [0.3, 0.4) is 0 Å². The van der Waals surface area contributed by atoms with Crippen LogP contribution in [0.15, 0.2) is 46.7 Å². The van der Waals surface area contributed by atoms with Gasteiger partial charge in [-0.25, -0.2) is 15.0 Å². The van der Waals surface area contributed by atoms with Crippen molar-refractivity contribution in [1.29, 1.82) is 0 Å². The Labute approximate surface area is 116 Å². The summed E-state index contributed by atoms with van der Waals surface area (Å²) in [7, 11) is 3.94. The molecule has 0 bridgehead atoms. The van der Waals surface area contributed by atoms with Crippen LogP contribution in [-0.2, 0) is 0 Å². The summed E-state index contributed by atoms with van der Waals surface area (Å²) < 4.78 is 0. The van der Waals surface area contributed by atoms with Crippen LogP contribution in [0, 0.1) is 0 Å². The van der Waals surface area contributed by atoms with Gasteiger partial charge in [0, 0.05) is 19.8 Å². The molecule has 2 aromatic rings. The summed E-state index contributed by atoms with van der Waals surface area (Å²) in [6, 6.07) is 10.3. The van der Waals surface area contributed by atoms with Crippen LogP contribution in [0.4, 0.5) is 11.5 Å². The van der Waals surface area contributed by atoms with Gasteiger partial charge in [-0.05, 0) is 5.56 Å². The lowest BCUT2D eigenvalue weighted by molar-refractivity contribution is 0.980. The fourth-order valence-electron chi connectivity index (χ4n) is 1.97. The van der Waals surface area contributed by atoms with E-state index < -0.39 is 0 Å². The van der Waals surface area contributed by atoms with E-state index in [1.807, 2.05) is 37.2 Å². The van der Waals surface area contributed by atoms with Crippen molar-refractivity contribution in [3.63, 3.8) is 0 Å². The Morgan fingerprint density at radius 1 is 1.11 bits per heavy atom. The molecule has 0 fully saturated rings. The van der Waals surface area contributed by atoms with Crippen molar-refractivity contribution >= 4 is 29.0 Å². The second-order valence-electron chi connectivity index (χ2n) is 4.46. The molecule has 5 heteroatoms. The first-order chi connectivity index (χ1) is 9.25. The van der Waals surface area contributed by atoms with E-state index in [2.05, 4.69) is 22.1 Å². The van der Waals surface area contributed by atoms with Crippen molar-refractivity contribution in [3.05, 3.63) is 42.2 Å². The SMILES string of the molecule is CN(C)c1ncnc2c1N=C(c1ccccc1)CS2. The Kier molecular flexibility index (Phi) is 3.21. The van der Waals surface area contributed by atoms with E-state index in [0.29, 0.717) is 0 Å². The predicted octanol–water partition coefficient (Wildman–Crippen LogP) is 2.77. The van der Waals surface area contributed by atoms with Gasteiger partial charge >= 0.3 is 0 Å². The first-order valence-electron chi connectivity index (χ1n) is 6.04. The van der Waals surface area contributed by atoms with Crippen LogP contribution < -0.4 is 4.90 Å². The van der Waals surface area contributed by atoms with Crippen molar-refractivity contribution in [1.82, 2.24) is 9.97 Å². The number of rotatable bonds is 2. The van der Waals surface area contributed by atoms with Gasteiger partial charge in [0.2, 0.25) is 0 Å². The van der Waals surface area contributed by atoms with Crippen LogP contribution in [0.25, 0.3) is 0 Å². The van der Waals surface area contributed by atoms with Crippen LogP contribution >= 0.6 is 11.8 Å². The fraction of sp³-hybridized carbons (Fsp3) is 0.214. The van der Waals surface area contributed by atoms with Gasteiger partial charge in [0.25, 0.3) is 0 Å². The molecule has 0 atom stereocenters. The molecule has 96 valence electrons. The highest BCUT2D eigenvalue weighted by molar-refractivity contribution is 8.00. The second kappa shape index (κ2) is 5.01. The molecule has 3 rings (SSSR count). The molecule has 0 spiro atoms. The predicted molar refractivity (Wildman–Crippen MR) is 79.7 cm³/mol. The Balaban J connectivity index is 2.09. The van der Waals surface area contributed by atoms with Gasteiger partial charge in [-0.3, -0.25) is 0 Å². The van der Waals surface area contributed by atoms with E-state index >= 15 is 0 Å². The minimum absolute atomic E-state index is 0.848. The number of anilines is 1. The maximum absolute atomic E-state index is 4.77. The van der Waals surface area contributed by atoms with Gasteiger partial charge in [-0.2, -0.15) is 0 Å². The number of aliphatic imine (C=N–C) groups is 1. The van der Waals surface area contributed by atoms with Gasteiger partial charge in [-0.15, -0.1) is 0 Å². The molecule has 0 saturated heterocycles. The van der Waals surface area contributed by atoms with Gasteiger partial charge < -0.3 is 4.90 Å². The highest BCUT2D eigenvalue weighted by Gasteiger charge is 2.19. The number of fused-ring (bicyclic) bond motifs is 1. The van der Waals surface area contributed by atoms with Crippen molar-refractivity contribution in [3.8, 4) is 0 Å². The molecule has 2 heterocycles. The van der Waals surface area contributed by atoms with E-state index in [4.69, 9.17) is 4.99 Å². The summed E-state index contributed by atoms with van der Waals surface area (Å²) in [5.41, 5.74) is 3.12. The molecule has 0 unspecified atom stereocenters. The van der Waals surface area contributed by atoms with E-state index in [1.54, 1.807) is 18.1 Å². The second-order valence-corrected chi connectivity index (χ2v) is 5.42. The molecule has 4 nitrogen and oxygen atoms in total. The topological polar surface area (TPSA) is 41.4 Å². The molecular formula is C14H14N4S. The molecule has 0 aliphatic carbocycles. The maximum atomic E-state index is 4.77. The van der Waals surface area contributed by atoms with Gasteiger partial charge in [-0.1, -0.05) is 42.1 Å². The molecule has 1 aromatic heterocycles. The molecule has 0 amide bonds. The average molecular weight is 270 g/mol. The smallest absolute Gasteiger partial charge is 0.158 e. The third-order valence-corrected chi connectivity index (χ3v) is 3.88. The van der Waals surface area contributed by atoms with E-state index in [0.717, 1.165) is 33.6 Å². The normalized spacial score (nSPS) is 13.7. The summed E-state index contributed by atoms with van der Waals surface area (Å²) >= 11 is 1.71. The Hall–Kier alpha value is -1.88. The lowest BCUT2D eigenvalue weighted by Gasteiger charge is -2.19.